The second-order valence-electron chi connectivity index (χ2n) is 9.86. The van der Waals surface area contributed by atoms with Crippen LogP contribution in [0.15, 0.2) is 127 Å². The first-order valence-electron chi connectivity index (χ1n) is 13.6. The zero-order chi connectivity index (χ0) is 28.9. The van der Waals surface area contributed by atoms with Gasteiger partial charge in [0.1, 0.15) is 22.9 Å². The Hall–Kier alpha value is -4.82. The van der Waals surface area contributed by atoms with E-state index < -0.39 is 29.4 Å². The van der Waals surface area contributed by atoms with Crippen molar-refractivity contribution in [3.63, 3.8) is 0 Å². The highest BCUT2D eigenvalue weighted by atomic mass is 32.2. The number of nitrogens with zero attached hydrogens (tertiary/aromatic N) is 1. The molecule has 0 bridgehead atoms. The van der Waals surface area contributed by atoms with Crippen molar-refractivity contribution < 1.29 is 23.9 Å². The van der Waals surface area contributed by atoms with Gasteiger partial charge in [0.2, 0.25) is 0 Å². The summed E-state index contributed by atoms with van der Waals surface area (Å²) < 4.78 is 11.8. The molecule has 1 N–H and O–H groups in total. The third-order valence-electron chi connectivity index (χ3n) is 7.14. The van der Waals surface area contributed by atoms with Gasteiger partial charge in [-0.15, -0.1) is 11.8 Å². The number of amides is 2. The molecule has 210 valence electrons. The number of hydrogen-bond donors (Lipinski definition) is 1. The maximum Gasteiger partial charge on any atom is 0.356 e. The van der Waals surface area contributed by atoms with Crippen molar-refractivity contribution in [1.82, 2.24) is 10.2 Å². The molecular formula is C34H28N2O5S. The summed E-state index contributed by atoms with van der Waals surface area (Å²) in [4.78, 5) is 41.8. The summed E-state index contributed by atoms with van der Waals surface area (Å²) in [5.74, 6) is -0.336. The number of carbonyl (C=O) groups is 3. The fraction of sp³-hybridized carbons (Fsp3) is 0.147. The van der Waals surface area contributed by atoms with E-state index in [1.807, 2.05) is 109 Å². The number of thioether (sulfide) groups is 1. The Morgan fingerprint density at radius 1 is 0.810 bits per heavy atom. The maximum atomic E-state index is 14.1. The van der Waals surface area contributed by atoms with Gasteiger partial charge in [-0.1, -0.05) is 109 Å². The van der Waals surface area contributed by atoms with Gasteiger partial charge < -0.3 is 14.8 Å². The molecule has 2 aliphatic rings. The Labute approximate surface area is 248 Å². The van der Waals surface area contributed by atoms with E-state index in [9.17, 15) is 14.4 Å². The summed E-state index contributed by atoms with van der Waals surface area (Å²) in [6, 6.07) is 36.8. The summed E-state index contributed by atoms with van der Waals surface area (Å²) in [5.41, 5.74) is 3.39. The van der Waals surface area contributed by atoms with Crippen LogP contribution in [0.4, 0.5) is 0 Å². The van der Waals surface area contributed by atoms with Gasteiger partial charge in [-0.25, -0.2) is 4.79 Å². The fourth-order valence-electron chi connectivity index (χ4n) is 5.10. The number of fused-ring (bicyclic) bond motifs is 1. The van der Waals surface area contributed by atoms with Gasteiger partial charge in [0.05, 0.1) is 0 Å². The van der Waals surface area contributed by atoms with Crippen molar-refractivity contribution >= 4 is 35.1 Å². The Morgan fingerprint density at radius 3 is 1.95 bits per heavy atom. The van der Waals surface area contributed by atoms with Crippen LogP contribution in [0.3, 0.4) is 0 Å². The molecule has 2 amide bonds. The monoisotopic (exact) mass is 576 g/mol. The Balaban J connectivity index is 1.26. The van der Waals surface area contributed by atoms with E-state index in [1.165, 1.54) is 16.7 Å². The Morgan fingerprint density at radius 2 is 1.36 bits per heavy atom. The van der Waals surface area contributed by atoms with Gasteiger partial charge in [0.15, 0.2) is 12.7 Å². The molecule has 0 spiro atoms. The molecule has 1 saturated heterocycles. The predicted octanol–water partition coefficient (Wildman–Crippen LogP) is 5.21. The van der Waals surface area contributed by atoms with Gasteiger partial charge in [-0.2, -0.15) is 0 Å². The first-order chi connectivity index (χ1) is 20.6. The largest absolute Gasteiger partial charge is 0.484 e. The molecule has 4 aromatic rings. The summed E-state index contributed by atoms with van der Waals surface area (Å²) in [6.07, 6.45) is -0.667. The third-order valence-corrected chi connectivity index (χ3v) is 8.42. The SMILES string of the molecule is O=C(COc1ccccc1)NC1C(=O)N2C(C(=O)OC(c3ccccc3)c3ccccc3)=C(c3ccccc3)CS[C@@H]12. The van der Waals surface area contributed by atoms with Gasteiger partial charge in [0.25, 0.3) is 11.8 Å². The van der Waals surface area contributed by atoms with E-state index in [1.54, 1.807) is 12.1 Å². The number of benzene rings is 4. The lowest BCUT2D eigenvalue weighted by Gasteiger charge is -2.49. The van der Waals surface area contributed by atoms with Crippen LogP contribution < -0.4 is 10.1 Å². The van der Waals surface area contributed by atoms with Crippen LogP contribution in [0.2, 0.25) is 0 Å². The van der Waals surface area contributed by atoms with Gasteiger partial charge in [-0.05, 0) is 28.8 Å². The third kappa shape index (κ3) is 5.66. The highest BCUT2D eigenvalue weighted by Crippen LogP contribution is 2.44. The quantitative estimate of drug-likeness (QED) is 0.218. The number of nitrogens with one attached hydrogen (secondary N) is 1. The highest BCUT2D eigenvalue weighted by molar-refractivity contribution is 8.00. The average molecular weight is 577 g/mol. The van der Waals surface area contributed by atoms with Crippen molar-refractivity contribution in [3.8, 4) is 5.75 Å². The van der Waals surface area contributed by atoms with Crippen LogP contribution in [0.25, 0.3) is 5.57 Å². The summed E-state index contributed by atoms with van der Waals surface area (Å²) in [6.45, 7) is -0.221. The van der Waals surface area contributed by atoms with E-state index in [2.05, 4.69) is 5.32 Å². The van der Waals surface area contributed by atoms with E-state index in [0.29, 0.717) is 17.1 Å². The molecule has 6 rings (SSSR count). The molecule has 1 fully saturated rings. The molecule has 0 aromatic heterocycles. The number of esters is 1. The molecule has 0 saturated carbocycles. The van der Waals surface area contributed by atoms with Gasteiger partial charge in [-0.3, -0.25) is 14.5 Å². The van der Waals surface area contributed by atoms with E-state index in [-0.39, 0.29) is 18.2 Å². The number of carbonyl (C=O) groups excluding carboxylic acids is 3. The predicted molar refractivity (Wildman–Crippen MR) is 161 cm³/mol. The minimum Gasteiger partial charge on any atom is -0.484 e. The van der Waals surface area contributed by atoms with Gasteiger partial charge in [0, 0.05) is 11.3 Å². The highest BCUT2D eigenvalue weighted by Gasteiger charge is 2.54. The fourth-order valence-corrected chi connectivity index (χ4v) is 6.47. The van der Waals surface area contributed by atoms with Crippen molar-refractivity contribution in [1.29, 1.82) is 0 Å². The molecule has 2 heterocycles. The molecule has 4 aromatic carbocycles. The van der Waals surface area contributed by atoms with E-state index >= 15 is 0 Å². The lowest BCUT2D eigenvalue weighted by molar-refractivity contribution is -0.154. The average Bonchev–Trinajstić information content (AvgIpc) is 3.06. The Bertz CT molecular complexity index is 1560. The minimum atomic E-state index is -0.777. The first kappa shape index (κ1) is 27.4. The Kier molecular flexibility index (Phi) is 8.05. The number of hydrogen-bond acceptors (Lipinski definition) is 6. The molecule has 2 aliphatic heterocycles. The lowest BCUT2D eigenvalue weighted by atomic mass is 9.98. The van der Waals surface area contributed by atoms with E-state index in [0.717, 1.165) is 16.7 Å². The van der Waals surface area contributed by atoms with Crippen LogP contribution in [0.5, 0.6) is 5.75 Å². The molecule has 0 radical (unpaired) electrons. The lowest BCUT2D eigenvalue weighted by Crippen LogP contribution is -2.70. The molecule has 2 atom stereocenters. The molecule has 8 heteroatoms. The molecule has 1 unspecified atom stereocenters. The number of β-lactam (4-membered cyclic amide) rings is 1. The number of ether oxygens (including phenoxy) is 2. The second kappa shape index (κ2) is 12.4. The smallest absolute Gasteiger partial charge is 0.356 e. The minimum absolute atomic E-state index is 0.206. The van der Waals surface area contributed by atoms with Crippen molar-refractivity contribution in [2.24, 2.45) is 0 Å². The van der Waals surface area contributed by atoms with Crippen LogP contribution in [-0.2, 0) is 19.1 Å². The molecule has 7 nitrogen and oxygen atoms in total. The van der Waals surface area contributed by atoms with Crippen molar-refractivity contribution in [3.05, 3.63) is 144 Å². The van der Waals surface area contributed by atoms with Crippen molar-refractivity contribution in [2.75, 3.05) is 12.4 Å². The molecule has 42 heavy (non-hydrogen) atoms. The van der Waals surface area contributed by atoms with Crippen LogP contribution in [-0.4, -0.2) is 46.5 Å². The molecule has 0 aliphatic carbocycles. The standard InChI is InChI=1S/C34H28N2O5S/c37-28(21-40-26-19-11-4-12-20-26)35-29-32(38)36-30(27(22-42-33(29)36)23-13-5-1-6-14-23)34(39)41-31(24-15-7-2-8-16-24)25-17-9-3-10-18-25/h1-20,29,31,33H,21-22H2,(H,35,37)/t29?,33-/m0/s1. The maximum absolute atomic E-state index is 14.1. The van der Waals surface area contributed by atoms with Crippen LogP contribution in [0.1, 0.15) is 22.8 Å². The number of rotatable bonds is 9. The normalized spacial score (nSPS) is 17.7. The topological polar surface area (TPSA) is 84.9 Å². The molecular weight excluding hydrogens is 548 g/mol. The van der Waals surface area contributed by atoms with Gasteiger partial charge >= 0.3 is 5.97 Å². The number of para-hydroxylation sites is 1. The van der Waals surface area contributed by atoms with E-state index in [4.69, 9.17) is 9.47 Å². The summed E-state index contributed by atoms with van der Waals surface area (Å²) in [5, 5.41) is 2.35. The zero-order valence-corrected chi connectivity index (χ0v) is 23.4. The second-order valence-corrected chi connectivity index (χ2v) is 11.0. The zero-order valence-electron chi connectivity index (χ0n) is 22.6. The van der Waals surface area contributed by atoms with Crippen LogP contribution >= 0.6 is 11.8 Å². The van der Waals surface area contributed by atoms with Crippen LogP contribution in [0, 0.1) is 0 Å². The summed E-state index contributed by atoms with van der Waals surface area (Å²) >= 11 is 1.50. The van der Waals surface area contributed by atoms with Crippen molar-refractivity contribution in [2.45, 2.75) is 17.5 Å². The first-order valence-corrected chi connectivity index (χ1v) is 14.7. The summed E-state index contributed by atoms with van der Waals surface area (Å²) in [7, 11) is 0.